The summed E-state index contributed by atoms with van der Waals surface area (Å²) >= 11 is 3.37. The van der Waals surface area contributed by atoms with Crippen LogP contribution in [0.5, 0.6) is 5.75 Å². The molecule has 0 atom stereocenters. The zero-order valence-electron chi connectivity index (χ0n) is 10.1. The molecule has 0 heterocycles. The third-order valence-corrected chi connectivity index (χ3v) is 2.93. The molecule has 0 bridgehead atoms. The van der Waals surface area contributed by atoms with Gasteiger partial charge in [-0.15, -0.1) is 0 Å². The van der Waals surface area contributed by atoms with Gasteiger partial charge in [-0.1, -0.05) is 59.4 Å². The molecule has 1 aromatic rings. The van der Waals surface area contributed by atoms with E-state index >= 15 is 0 Å². The van der Waals surface area contributed by atoms with Gasteiger partial charge in [-0.3, -0.25) is 4.79 Å². The fourth-order valence-electron chi connectivity index (χ4n) is 1.31. The summed E-state index contributed by atoms with van der Waals surface area (Å²) < 4.78 is 5.41. The number of alkyl halides is 1. The molecule has 2 nitrogen and oxygen atoms in total. The Hall–Kier alpha value is -1.61. The topological polar surface area (TPSA) is 26.3 Å². The van der Waals surface area contributed by atoms with E-state index < -0.39 is 0 Å². The van der Waals surface area contributed by atoms with Crippen molar-refractivity contribution in [3.63, 3.8) is 0 Å². The Balaban J connectivity index is 2.58. The molecule has 1 aromatic carbocycles. The van der Waals surface area contributed by atoms with Crippen molar-refractivity contribution in [1.29, 1.82) is 0 Å². The van der Waals surface area contributed by atoms with Crippen molar-refractivity contribution in [2.24, 2.45) is 0 Å². The Bertz CT molecular complexity index is 458. The average Bonchev–Trinajstić information content (AvgIpc) is 2.42. The number of ketones is 1. The van der Waals surface area contributed by atoms with Gasteiger partial charge in [-0.05, 0) is 17.7 Å². The minimum Gasteiger partial charge on any atom is -0.485 e. The van der Waals surface area contributed by atoms with E-state index in [2.05, 4.69) is 29.1 Å². The van der Waals surface area contributed by atoms with Crippen LogP contribution in [0.1, 0.15) is 5.56 Å². The highest BCUT2D eigenvalue weighted by Gasteiger charge is 2.06. The maximum atomic E-state index is 11.7. The molecule has 1 rings (SSSR count). The van der Waals surface area contributed by atoms with E-state index in [4.69, 9.17) is 4.74 Å². The van der Waals surface area contributed by atoms with E-state index in [0.717, 1.165) is 10.9 Å². The molecule has 0 saturated heterocycles. The first kappa shape index (κ1) is 14.5. The van der Waals surface area contributed by atoms with Crippen LogP contribution in [-0.4, -0.2) is 12.4 Å². The lowest BCUT2D eigenvalue weighted by atomic mass is 10.1. The Kier molecular flexibility index (Phi) is 6.15. The summed E-state index contributed by atoms with van der Waals surface area (Å²) in [6, 6.07) is 7.58. The second-order valence-electron chi connectivity index (χ2n) is 3.55. The van der Waals surface area contributed by atoms with E-state index in [9.17, 15) is 4.79 Å². The summed E-state index contributed by atoms with van der Waals surface area (Å²) in [6.45, 7) is 7.13. The lowest BCUT2D eigenvalue weighted by Gasteiger charge is -2.06. The van der Waals surface area contributed by atoms with E-state index in [0.29, 0.717) is 11.3 Å². The van der Waals surface area contributed by atoms with E-state index in [-0.39, 0.29) is 12.4 Å². The van der Waals surface area contributed by atoms with Gasteiger partial charge in [-0.25, -0.2) is 0 Å². The van der Waals surface area contributed by atoms with Crippen molar-refractivity contribution in [2.45, 2.75) is 5.33 Å². The summed E-state index contributed by atoms with van der Waals surface area (Å²) in [5.41, 5.74) is 1.66. The number of halogens is 1. The normalized spacial score (nSPS) is 10.8. The molecule has 0 N–H and O–H groups in total. The fraction of sp³-hybridized carbons (Fsp3) is 0.133. The minimum absolute atomic E-state index is 0.000642. The Morgan fingerprint density at radius 2 is 1.94 bits per heavy atom. The molecule has 0 aliphatic rings. The van der Waals surface area contributed by atoms with Gasteiger partial charge >= 0.3 is 0 Å². The van der Waals surface area contributed by atoms with Gasteiger partial charge in [0.15, 0.2) is 12.4 Å². The summed E-state index contributed by atoms with van der Waals surface area (Å²) in [6.07, 6.45) is 4.67. The number of ether oxygens (including phenoxy) is 1. The molecule has 0 spiro atoms. The van der Waals surface area contributed by atoms with Crippen LogP contribution in [0, 0.1) is 0 Å². The van der Waals surface area contributed by atoms with Crippen LogP contribution in [0.15, 0.2) is 61.2 Å². The summed E-state index contributed by atoms with van der Waals surface area (Å²) in [5.74, 6) is 0.560. The number of allylic oxidation sites excluding steroid dienone is 3. The van der Waals surface area contributed by atoms with Crippen molar-refractivity contribution in [3.05, 3.63) is 66.8 Å². The van der Waals surface area contributed by atoms with Crippen LogP contribution in [0.3, 0.4) is 0 Å². The molecule has 94 valence electrons. The predicted octanol–water partition coefficient (Wildman–Crippen LogP) is 3.83. The number of carbonyl (C=O) groups excluding carboxylic acids is 1. The highest BCUT2D eigenvalue weighted by atomic mass is 79.9. The maximum absolute atomic E-state index is 11.7. The molecular formula is C15H15BrO2. The largest absolute Gasteiger partial charge is 0.485 e. The minimum atomic E-state index is -0.116. The fourth-order valence-corrected chi connectivity index (χ4v) is 1.68. The van der Waals surface area contributed by atoms with Crippen LogP contribution < -0.4 is 4.74 Å². The standard InChI is InChI=1S/C15H15BrO2/c1-3-5-13(4-2)15(17)11-18-14-8-6-12(10-16)7-9-14/h3-9H,1-2,10-11H2/b13-5+. The number of hydrogen-bond acceptors (Lipinski definition) is 2. The van der Waals surface area contributed by atoms with Crippen molar-refractivity contribution >= 4 is 21.7 Å². The van der Waals surface area contributed by atoms with Crippen LogP contribution in [0.2, 0.25) is 0 Å². The lowest BCUT2D eigenvalue weighted by Crippen LogP contribution is -2.12. The Labute approximate surface area is 116 Å². The lowest BCUT2D eigenvalue weighted by molar-refractivity contribution is -0.117. The van der Waals surface area contributed by atoms with E-state index in [1.54, 1.807) is 12.2 Å². The average molecular weight is 307 g/mol. The molecule has 0 amide bonds. The van der Waals surface area contributed by atoms with Gasteiger partial charge in [0, 0.05) is 10.9 Å². The molecule has 3 heteroatoms. The van der Waals surface area contributed by atoms with Crippen LogP contribution in [0.25, 0.3) is 0 Å². The van der Waals surface area contributed by atoms with Gasteiger partial charge in [-0.2, -0.15) is 0 Å². The smallest absolute Gasteiger partial charge is 0.200 e. The van der Waals surface area contributed by atoms with E-state index in [1.165, 1.54) is 6.08 Å². The summed E-state index contributed by atoms with van der Waals surface area (Å²) in [4.78, 5) is 11.7. The Morgan fingerprint density at radius 1 is 1.28 bits per heavy atom. The molecule has 0 radical (unpaired) electrons. The molecule has 18 heavy (non-hydrogen) atoms. The van der Waals surface area contributed by atoms with E-state index in [1.807, 2.05) is 24.3 Å². The first-order valence-electron chi connectivity index (χ1n) is 5.47. The zero-order chi connectivity index (χ0) is 13.4. The second-order valence-corrected chi connectivity index (χ2v) is 4.11. The van der Waals surface area contributed by atoms with Crippen LogP contribution in [0.4, 0.5) is 0 Å². The van der Waals surface area contributed by atoms with Crippen LogP contribution in [-0.2, 0) is 10.1 Å². The number of benzene rings is 1. The molecule has 0 unspecified atom stereocenters. The molecular weight excluding hydrogens is 292 g/mol. The van der Waals surface area contributed by atoms with Crippen molar-refractivity contribution < 1.29 is 9.53 Å². The molecule has 0 aromatic heterocycles. The molecule has 0 aliphatic heterocycles. The summed E-state index contributed by atoms with van der Waals surface area (Å²) in [7, 11) is 0. The van der Waals surface area contributed by atoms with Gasteiger partial charge < -0.3 is 4.74 Å². The highest BCUT2D eigenvalue weighted by molar-refractivity contribution is 9.08. The monoisotopic (exact) mass is 306 g/mol. The van der Waals surface area contributed by atoms with Gasteiger partial charge in [0.2, 0.25) is 0 Å². The molecule has 0 saturated carbocycles. The number of carbonyl (C=O) groups is 1. The third kappa shape index (κ3) is 4.34. The van der Waals surface area contributed by atoms with Gasteiger partial charge in [0.05, 0.1) is 0 Å². The zero-order valence-corrected chi connectivity index (χ0v) is 11.7. The van der Waals surface area contributed by atoms with Gasteiger partial charge in [0.1, 0.15) is 5.75 Å². The quantitative estimate of drug-likeness (QED) is 0.435. The van der Waals surface area contributed by atoms with Crippen molar-refractivity contribution in [2.75, 3.05) is 6.61 Å². The number of rotatable bonds is 7. The Morgan fingerprint density at radius 3 is 2.44 bits per heavy atom. The van der Waals surface area contributed by atoms with Crippen molar-refractivity contribution in [3.8, 4) is 5.75 Å². The third-order valence-electron chi connectivity index (χ3n) is 2.29. The molecule has 0 fully saturated rings. The van der Waals surface area contributed by atoms with Gasteiger partial charge in [0.25, 0.3) is 0 Å². The highest BCUT2D eigenvalue weighted by Crippen LogP contribution is 2.14. The van der Waals surface area contributed by atoms with Crippen molar-refractivity contribution in [1.82, 2.24) is 0 Å². The predicted molar refractivity (Wildman–Crippen MR) is 78.1 cm³/mol. The number of hydrogen-bond donors (Lipinski definition) is 0. The first-order valence-corrected chi connectivity index (χ1v) is 6.59. The maximum Gasteiger partial charge on any atom is 0.200 e. The second kappa shape index (κ2) is 7.67. The molecule has 0 aliphatic carbocycles. The van der Waals surface area contributed by atoms with Crippen LogP contribution >= 0.6 is 15.9 Å². The number of Topliss-reactive ketones (excluding diaryl/α,β-unsaturated/α-hetero) is 1. The summed E-state index contributed by atoms with van der Waals surface area (Å²) in [5, 5.41) is 0.800. The SMILES string of the molecule is C=C/C=C(\C=C)C(=O)COc1ccc(CBr)cc1. The first-order chi connectivity index (χ1) is 8.71.